The number of carbonyl (C=O) groups is 2. The molecule has 1 aromatic rings. The van der Waals surface area contributed by atoms with Crippen molar-refractivity contribution >= 4 is 11.8 Å². The summed E-state index contributed by atoms with van der Waals surface area (Å²) in [7, 11) is 1.57. The molecule has 3 fully saturated rings. The third-order valence-electron chi connectivity index (χ3n) is 6.75. The van der Waals surface area contributed by atoms with E-state index in [4.69, 9.17) is 4.74 Å². The van der Waals surface area contributed by atoms with Crippen molar-refractivity contribution in [3.8, 4) is 5.88 Å². The van der Waals surface area contributed by atoms with E-state index < -0.39 is 0 Å². The lowest BCUT2D eigenvalue weighted by Crippen LogP contribution is -2.55. The zero-order valence-corrected chi connectivity index (χ0v) is 15.8. The van der Waals surface area contributed by atoms with Crippen molar-refractivity contribution in [3.05, 3.63) is 23.9 Å². The van der Waals surface area contributed by atoms with Crippen LogP contribution in [-0.4, -0.2) is 58.4 Å². The molecule has 0 N–H and O–H groups in total. The van der Waals surface area contributed by atoms with Gasteiger partial charge in [0.15, 0.2) is 0 Å². The summed E-state index contributed by atoms with van der Waals surface area (Å²) in [6.45, 7) is 4.60. The Labute approximate surface area is 154 Å². The minimum atomic E-state index is -0.0132. The van der Waals surface area contributed by atoms with Gasteiger partial charge in [-0.15, -0.1) is 0 Å². The maximum Gasteiger partial charge on any atom is 0.256 e. The molecule has 3 heterocycles. The molecular weight excluding hydrogens is 330 g/mol. The molecule has 1 aliphatic carbocycles. The first-order valence-electron chi connectivity index (χ1n) is 9.55. The van der Waals surface area contributed by atoms with Gasteiger partial charge in [0.2, 0.25) is 11.8 Å². The smallest absolute Gasteiger partial charge is 0.256 e. The molecule has 0 spiro atoms. The molecule has 6 nitrogen and oxygen atoms in total. The fourth-order valence-corrected chi connectivity index (χ4v) is 5.60. The highest BCUT2D eigenvalue weighted by molar-refractivity contribution is 5.95. The van der Waals surface area contributed by atoms with Crippen LogP contribution >= 0.6 is 0 Å². The van der Waals surface area contributed by atoms with Crippen LogP contribution in [0.1, 0.15) is 56.3 Å². The van der Waals surface area contributed by atoms with E-state index in [2.05, 4.69) is 16.8 Å². The lowest BCUT2D eigenvalue weighted by Gasteiger charge is -2.46. The Hall–Kier alpha value is -2.11. The molecule has 0 unspecified atom stereocenters. The summed E-state index contributed by atoms with van der Waals surface area (Å²) in [5.74, 6) is 0.669. The summed E-state index contributed by atoms with van der Waals surface area (Å²) in [5, 5.41) is 0. The van der Waals surface area contributed by atoms with Gasteiger partial charge < -0.3 is 14.5 Å². The van der Waals surface area contributed by atoms with E-state index in [0.717, 1.165) is 32.1 Å². The first-order chi connectivity index (χ1) is 12.5. The largest absolute Gasteiger partial charge is 0.481 e. The Bertz CT molecular complexity index is 720. The lowest BCUT2D eigenvalue weighted by molar-refractivity contribution is -0.136. The van der Waals surface area contributed by atoms with Gasteiger partial charge in [-0.05, 0) is 25.3 Å². The minimum absolute atomic E-state index is 0.0132. The monoisotopic (exact) mass is 357 g/mol. The SMILES string of the molecule is COc1ccc(C(=O)N2[C@@H]3CN(C(C)=O)[C@@H]4CCCC[C@H]2[C@]4(C)C3)cn1. The summed E-state index contributed by atoms with van der Waals surface area (Å²) < 4.78 is 5.10. The number of methoxy groups -OCH3 is 1. The number of hydrogen-bond acceptors (Lipinski definition) is 4. The summed E-state index contributed by atoms with van der Waals surface area (Å²) >= 11 is 0. The van der Waals surface area contributed by atoms with Crippen LogP contribution < -0.4 is 4.74 Å². The third kappa shape index (κ3) is 2.49. The van der Waals surface area contributed by atoms with Crippen LogP contribution in [0.3, 0.4) is 0 Å². The van der Waals surface area contributed by atoms with Gasteiger partial charge in [0, 0.05) is 43.2 Å². The van der Waals surface area contributed by atoms with E-state index >= 15 is 0 Å². The average molecular weight is 357 g/mol. The molecule has 1 saturated carbocycles. The molecule has 140 valence electrons. The van der Waals surface area contributed by atoms with E-state index in [-0.39, 0.29) is 35.4 Å². The predicted molar refractivity (Wildman–Crippen MR) is 96.9 cm³/mol. The second-order valence-corrected chi connectivity index (χ2v) is 8.15. The van der Waals surface area contributed by atoms with Crippen molar-refractivity contribution in [2.45, 2.75) is 64.1 Å². The highest BCUT2D eigenvalue weighted by atomic mass is 16.5. The Morgan fingerprint density at radius 1 is 1.23 bits per heavy atom. The van der Waals surface area contributed by atoms with E-state index in [0.29, 0.717) is 18.0 Å². The van der Waals surface area contributed by atoms with Gasteiger partial charge in [-0.2, -0.15) is 0 Å². The van der Waals surface area contributed by atoms with Crippen LogP contribution in [0, 0.1) is 5.41 Å². The number of carbonyl (C=O) groups excluding carboxylic acids is 2. The molecule has 2 amide bonds. The topological polar surface area (TPSA) is 62.7 Å². The summed E-state index contributed by atoms with van der Waals surface area (Å²) in [6.07, 6.45) is 6.89. The fraction of sp³-hybridized carbons (Fsp3) is 0.650. The second-order valence-electron chi connectivity index (χ2n) is 8.15. The van der Waals surface area contributed by atoms with Gasteiger partial charge in [-0.25, -0.2) is 4.98 Å². The summed E-state index contributed by atoms with van der Waals surface area (Å²) in [4.78, 5) is 34.0. The molecule has 26 heavy (non-hydrogen) atoms. The van der Waals surface area contributed by atoms with E-state index in [1.165, 1.54) is 0 Å². The lowest BCUT2D eigenvalue weighted by atomic mass is 9.71. The van der Waals surface area contributed by atoms with E-state index in [1.807, 2.05) is 4.90 Å². The van der Waals surface area contributed by atoms with Gasteiger partial charge in [0.1, 0.15) is 0 Å². The molecule has 2 aliphatic heterocycles. The van der Waals surface area contributed by atoms with Crippen LogP contribution in [0.5, 0.6) is 5.88 Å². The van der Waals surface area contributed by atoms with Gasteiger partial charge in [0.25, 0.3) is 5.91 Å². The van der Waals surface area contributed by atoms with E-state index in [9.17, 15) is 9.59 Å². The number of ether oxygens (including phenoxy) is 1. The molecule has 0 aromatic carbocycles. The highest BCUT2D eigenvalue weighted by Crippen LogP contribution is 2.53. The van der Waals surface area contributed by atoms with E-state index in [1.54, 1.807) is 32.4 Å². The minimum Gasteiger partial charge on any atom is -0.481 e. The zero-order valence-electron chi connectivity index (χ0n) is 15.8. The summed E-state index contributed by atoms with van der Waals surface area (Å²) in [6, 6.07) is 4.05. The number of nitrogens with zero attached hydrogens (tertiary/aromatic N) is 3. The number of piperidine rings is 1. The van der Waals surface area contributed by atoms with Gasteiger partial charge in [-0.1, -0.05) is 19.8 Å². The number of fused-ring (bicyclic) bond motifs is 1. The molecule has 6 heteroatoms. The molecule has 2 saturated heterocycles. The maximum atomic E-state index is 13.4. The molecule has 2 bridgehead atoms. The standard InChI is InChI=1S/C20H27N3O3/c1-13(24)22-12-15-10-20(2)16(22)6-4-5-7-17(20)23(15)19(25)14-8-9-18(26-3)21-11-14/h8-9,11,15-17H,4-7,10,12H2,1-3H3/t15-,16+,17-,20+/m0/s1. The Morgan fingerprint density at radius 2 is 1.96 bits per heavy atom. The van der Waals surface area contributed by atoms with Crippen LogP contribution in [0.25, 0.3) is 0 Å². The van der Waals surface area contributed by atoms with Crippen LogP contribution in [-0.2, 0) is 4.79 Å². The van der Waals surface area contributed by atoms with Crippen molar-refractivity contribution in [3.63, 3.8) is 0 Å². The van der Waals surface area contributed by atoms with Crippen LogP contribution in [0.4, 0.5) is 0 Å². The number of likely N-dealkylation sites (tertiary alicyclic amines) is 2. The predicted octanol–water partition coefficient (Wildman–Crippen LogP) is 2.48. The fourth-order valence-electron chi connectivity index (χ4n) is 5.60. The molecule has 1 aromatic heterocycles. The number of amides is 2. The molecule has 3 aliphatic rings. The first-order valence-corrected chi connectivity index (χ1v) is 9.55. The molecule has 4 rings (SSSR count). The van der Waals surface area contributed by atoms with Crippen LogP contribution in [0.15, 0.2) is 18.3 Å². The third-order valence-corrected chi connectivity index (χ3v) is 6.75. The Balaban J connectivity index is 1.70. The average Bonchev–Trinajstić information content (AvgIpc) is 2.75. The van der Waals surface area contributed by atoms with Crippen molar-refractivity contribution in [1.29, 1.82) is 0 Å². The van der Waals surface area contributed by atoms with Crippen molar-refractivity contribution in [2.24, 2.45) is 5.41 Å². The normalized spacial score (nSPS) is 33.0. The quantitative estimate of drug-likeness (QED) is 0.816. The van der Waals surface area contributed by atoms with Gasteiger partial charge >= 0.3 is 0 Å². The second kappa shape index (κ2) is 6.25. The Morgan fingerprint density at radius 3 is 2.58 bits per heavy atom. The first kappa shape index (κ1) is 17.3. The number of rotatable bonds is 2. The van der Waals surface area contributed by atoms with Crippen LogP contribution in [0.2, 0.25) is 0 Å². The maximum absolute atomic E-state index is 13.4. The molecular formula is C20H27N3O3. The summed E-state index contributed by atoms with van der Waals surface area (Å²) in [5.41, 5.74) is 0.581. The number of pyridine rings is 1. The number of aromatic nitrogens is 1. The Kier molecular flexibility index (Phi) is 4.16. The van der Waals surface area contributed by atoms with Crippen molar-refractivity contribution in [2.75, 3.05) is 13.7 Å². The molecule has 4 atom stereocenters. The molecule has 0 radical (unpaired) electrons. The van der Waals surface area contributed by atoms with Crippen molar-refractivity contribution in [1.82, 2.24) is 14.8 Å². The van der Waals surface area contributed by atoms with Gasteiger partial charge in [-0.3, -0.25) is 9.59 Å². The highest BCUT2D eigenvalue weighted by Gasteiger charge is 2.60. The number of hydrogen-bond donors (Lipinski definition) is 0. The van der Waals surface area contributed by atoms with Crippen molar-refractivity contribution < 1.29 is 14.3 Å². The van der Waals surface area contributed by atoms with Gasteiger partial charge in [0.05, 0.1) is 18.7 Å². The zero-order chi connectivity index (χ0) is 18.5.